The second-order valence-corrected chi connectivity index (χ2v) is 10.6. The van der Waals surface area contributed by atoms with E-state index in [1.54, 1.807) is 0 Å². The van der Waals surface area contributed by atoms with Crippen LogP contribution in [0.1, 0.15) is 65.7 Å². The fourth-order valence-corrected chi connectivity index (χ4v) is 7.02. The first-order valence-electron chi connectivity index (χ1n) is 11.7. The Morgan fingerprint density at radius 2 is 1.97 bits per heavy atom. The minimum Gasteiger partial charge on any atom is -0.464 e. The second-order valence-electron chi connectivity index (χ2n) is 10.6. The summed E-state index contributed by atoms with van der Waals surface area (Å²) in [4.78, 5) is 65.6. The quantitative estimate of drug-likeness (QED) is 0.278. The van der Waals surface area contributed by atoms with Gasteiger partial charge in [-0.2, -0.15) is 0 Å². The lowest BCUT2D eigenvalue weighted by molar-refractivity contribution is -0.224. The normalized spacial score (nSPS) is 40.1. The van der Waals surface area contributed by atoms with Crippen LogP contribution in [0.5, 0.6) is 0 Å². The van der Waals surface area contributed by atoms with Gasteiger partial charge in [0, 0.05) is 30.6 Å². The lowest BCUT2D eigenvalue weighted by Gasteiger charge is -2.59. The van der Waals surface area contributed by atoms with E-state index in [4.69, 9.17) is 9.47 Å². The highest BCUT2D eigenvalue weighted by molar-refractivity contribution is 6.17. The lowest BCUT2D eigenvalue weighted by Crippen LogP contribution is -2.70. The summed E-state index contributed by atoms with van der Waals surface area (Å²) < 4.78 is 11.4. The summed E-state index contributed by atoms with van der Waals surface area (Å²) in [6.07, 6.45) is 3.05. The molecule has 6 atom stereocenters. The Labute approximate surface area is 188 Å². The smallest absolute Gasteiger partial charge is 0.324 e. The first-order valence-corrected chi connectivity index (χ1v) is 11.7. The Bertz CT molecular complexity index is 902. The molecule has 0 aromatic heterocycles. The van der Waals surface area contributed by atoms with Gasteiger partial charge in [0.1, 0.15) is 24.8 Å². The molecule has 4 aliphatic rings. The highest BCUT2D eigenvalue weighted by Gasteiger charge is 2.78. The number of aldehydes is 1. The molecule has 2 unspecified atom stereocenters. The lowest BCUT2D eigenvalue weighted by atomic mass is 9.44. The minimum absolute atomic E-state index is 0.148. The average Bonchev–Trinajstić information content (AvgIpc) is 2.87. The van der Waals surface area contributed by atoms with Crippen LogP contribution >= 0.6 is 0 Å². The number of hydrogen-bond donors (Lipinski definition) is 0. The third-order valence-corrected chi connectivity index (χ3v) is 8.69. The van der Waals surface area contributed by atoms with Gasteiger partial charge in [-0.05, 0) is 36.7 Å². The van der Waals surface area contributed by atoms with E-state index in [-0.39, 0.29) is 30.8 Å². The number of cyclic esters (lactones) is 1. The molecule has 1 saturated heterocycles. The topological polar surface area (TPSA) is 104 Å². The molecule has 0 aromatic carbocycles. The summed E-state index contributed by atoms with van der Waals surface area (Å²) in [7, 11) is 0. The summed E-state index contributed by atoms with van der Waals surface area (Å²) in [6.45, 7) is 9.55. The number of carbonyl (C=O) groups is 5. The van der Waals surface area contributed by atoms with Crippen molar-refractivity contribution in [1.82, 2.24) is 0 Å². The van der Waals surface area contributed by atoms with E-state index in [0.29, 0.717) is 25.7 Å². The van der Waals surface area contributed by atoms with E-state index in [9.17, 15) is 24.0 Å². The number of esters is 2. The molecule has 174 valence electrons. The minimum atomic E-state index is -1.80. The maximum absolute atomic E-state index is 13.7. The van der Waals surface area contributed by atoms with Gasteiger partial charge < -0.3 is 14.3 Å². The number of hydrogen-bond acceptors (Lipinski definition) is 7. The van der Waals surface area contributed by atoms with Gasteiger partial charge in [0.05, 0.1) is 5.41 Å². The Morgan fingerprint density at radius 3 is 2.62 bits per heavy atom. The number of rotatable bonds is 5. The summed E-state index contributed by atoms with van der Waals surface area (Å²) in [5.74, 6) is -3.82. The van der Waals surface area contributed by atoms with E-state index in [1.807, 2.05) is 20.8 Å². The average molecular weight is 445 g/mol. The molecule has 4 rings (SSSR count). The maximum atomic E-state index is 13.7. The number of ketones is 2. The first-order chi connectivity index (χ1) is 15.1. The van der Waals surface area contributed by atoms with Gasteiger partial charge >= 0.3 is 11.9 Å². The molecule has 7 nitrogen and oxygen atoms in total. The van der Waals surface area contributed by atoms with E-state index in [1.165, 1.54) is 0 Å². The highest BCUT2D eigenvalue weighted by atomic mass is 16.6. The third-order valence-electron chi connectivity index (χ3n) is 8.69. The van der Waals surface area contributed by atoms with Gasteiger partial charge in [-0.15, -0.1) is 0 Å². The molecule has 2 bridgehead atoms. The van der Waals surface area contributed by atoms with Crippen molar-refractivity contribution in [2.24, 2.45) is 34.0 Å². The van der Waals surface area contributed by atoms with Crippen LogP contribution in [0.2, 0.25) is 0 Å². The fourth-order valence-electron chi connectivity index (χ4n) is 7.02. The molecule has 3 aliphatic carbocycles. The molecule has 0 radical (unpaired) electrons. The van der Waals surface area contributed by atoms with Crippen LogP contribution in [0.15, 0.2) is 12.2 Å². The molecule has 0 aromatic rings. The van der Waals surface area contributed by atoms with Gasteiger partial charge in [-0.25, -0.2) is 0 Å². The van der Waals surface area contributed by atoms with Crippen LogP contribution in [-0.2, 0) is 33.4 Å². The van der Waals surface area contributed by atoms with Crippen molar-refractivity contribution in [2.75, 3.05) is 6.61 Å². The summed E-state index contributed by atoms with van der Waals surface area (Å²) >= 11 is 0. The first kappa shape index (κ1) is 22.9. The zero-order valence-corrected chi connectivity index (χ0v) is 19.1. The zero-order chi connectivity index (χ0) is 23.5. The third kappa shape index (κ3) is 2.75. The summed E-state index contributed by atoms with van der Waals surface area (Å²) in [5, 5.41) is 0. The Kier molecular flexibility index (Phi) is 5.45. The van der Waals surface area contributed by atoms with E-state index in [0.717, 1.165) is 12.7 Å². The SMILES string of the molecule is C=C1C(=O)C23C(=O)OCC4(C(=O)CCC(C)(C)[C@H]4C=O)[C@@H]2CC[C@@H]1[C@H]3OC(=O)CCCC. The number of fused-ring (bicyclic) bond motifs is 2. The van der Waals surface area contributed by atoms with Crippen molar-refractivity contribution in [3.8, 4) is 0 Å². The van der Waals surface area contributed by atoms with Crippen molar-refractivity contribution in [3.05, 3.63) is 12.2 Å². The van der Waals surface area contributed by atoms with E-state index < -0.39 is 57.8 Å². The molecule has 2 spiro atoms. The monoisotopic (exact) mass is 444 g/mol. The summed E-state index contributed by atoms with van der Waals surface area (Å²) in [6, 6.07) is 0. The zero-order valence-electron chi connectivity index (χ0n) is 19.1. The second kappa shape index (κ2) is 7.63. The van der Waals surface area contributed by atoms with Crippen molar-refractivity contribution in [3.63, 3.8) is 0 Å². The van der Waals surface area contributed by atoms with Crippen molar-refractivity contribution < 1.29 is 33.4 Å². The predicted octanol–water partition coefficient (Wildman–Crippen LogP) is 2.99. The van der Waals surface area contributed by atoms with Gasteiger partial charge in [-0.1, -0.05) is 33.8 Å². The van der Waals surface area contributed by atoms with Crippen LogP contribution in [-0.4, -0.2) is 42.5 Å². The largest absolute Gasteiger partial charge is 0.464 e. The van der Waals surface area contributed by atoms with Crippen molar-refractivity contribution >= 4 is 29.8 Å². The molecule has 1 heterocycles. The van der Waals surface area contributed by atoms with Crippen LogP contribution < -0.4 is 0 Å². The molecule has 7 heteroatoms. The van der Waals surface area contributed by atoms with E-state index >= 15 is 0 Å². The van der Waals surface area contributed by atoms with Crippen LogP contribution in [0, 0.1) is 34.0 Å². The Hall–Kier alpha value is -2.31. The Morgan fingerprint density at radius 1 is 1.25 bits per heavy atom. The van der Waals surface area contributed by atoms with Gasteiger partial charge in [0.15, 0.2) is 11.2 Å². The standard InChI is InChI=1S/C25H32O7/c1-5-6-7-19(28)32-21-15-8-9-16-24(17(12-26)23(3,4)11-10-18(24)27)13-31-22(30)25(16,21)20(29)14(15)2/h12,15-17,21H,2,5-11,13H2,1,3-4H3/t15-,16-,17+,21+,24?,25?/m0/s1. The van der Waals surface area contributed by atoms with Gasteiger partial charge in [0.2, 0.25) is 0 Å². The van der Waals surface area contributed by atoms with Crippen LogP contribution in [0.25, 0.3) is 0 Å². The molecule has 3 saturated carbocycles. The molecule has 0 amide bonds. The molecular formula is C25H32O7. The predicted molar refractivity (Wildman–Crippen MR) is 113 cm³/mol. The number of ether oxygens (including phenoxy) is 2. The highest BCUT2D eigenvalue weighted by Crippen LogP contribution is 2.67. The number of unbranched alkanes of at least 4 members (excludes halogenated alkanes) is 1. The molecular weight excluding hydrogens is 412 g/mol. The maximum Gasteiger partial charge on any atom is 0.324 e. The van der Waals surface area contributed by atoms with Crippen molar-refractivity contribution in [1.29, 1.82) is 0 Å². The van der Waals surface area contributed by atoms with Crippen molar-refractivity contribution in [2.45, 2.75) is 71.8 Å². The fraction of sp³-hybridized carbons (Fsp3) is 0.720. The molecule has 0 N–H and O–H groups in total. The Balaban J connectivity index is 1.86. The number of carbonyl (C=O) groups excluding carboxylic acids is 5. The summed E-state index contributed by atoms with van der Waals surface area (Å²) in [5.41, 5.74) is -3.34. The molecule has 1 aliphatic heterocycles. The van der Waals surface area contributed by atoms with E-state index in [2.05, 4.69) is 6.58 Å². The molecule has 32 heavy (non-hydrogen) atoms. The van der Waals surface area contributed by atoms with Crippen LogP contribution in [0.4, 0.5) is 0 Å². The van der Waals surface area contributed by atoms with Gasteiger partial charge in [-0.3, -0.25) is 19.2 Å². The van der Waals surface area contributed by atoms with Gasteiger partial charge in [0.25, 0.3) is 0 Å². The van der Waals surface area contributed by atoms with Crippen LogP contribution in [0.3, 0.4) is 0 Å². The number of Topliss-reactive ketones (excluding diaryl/α,β-unsaturated/α-hetero) is 2. The molecule has 4 fully saturated rings.